The van der Waals surface area contributed by atoms with Crippen LogP contribution in [0.25, 0.3) is 0 Å². The summed E-state index contributed by atoms with van der Waals surface area (Å²) in [6.07, 6.45) is 0.519. The van der Waals surface area contributed by atoms with E-state index in [0.717, 1.165) is 0 Å². The number of hydrogen-bond donors (Lipinski definition) is 1. The quantitative estimate of drug-likeness (QED) is 0.787. The predicted octanol–water partition coefficient (Wildman–Crippen LogP) is 3.08. The van der Waals surface area contributed by atoms with Gasteiger partial charge in [-0.3, -0.25) is 0 Å². The van der Waals surface area contributed by atoms with Crippen LogP contribution < -0.4 is 0 Å². The van der Waals surface area contributed by atoms with Gasteiger partial charge in [-0.25, -0.2) is 4.39 Å². The van der Waals surface area contributed by atoms with E-state index in [1.54, 1.807) is 18.2 Å². The van der Waals surface area contributed by atoms with Crippen LogP contribution in [-0.2, 0) is 5.60 Å². The monoisotopic (exact) mass is 196 g/mol. The standard InChI is InChI=1S/C12H17FO/c1-4-12(14,9(2)3)10-7-5-6-8-11(10)13/h5-9,14H,4H2,1-3H3. The van der Waals surface area contributed by atoms with E-state index >= 15 is 0 Å². The lowest BCUT2D eigenvalue weighted by Crippen LogP contribution is -2.32. The molecule has 0 fully saturated rings. The van der Waals surface area contributed by atoms with Crippen LogP contribution in [0.5, 0.6) is 0 Å². The number of rotatable bonds is 3. The molecule has 1 rings (SSSR count). The van der Waals surface area contributed by atoms with Gasteiger partial charge in [0.15, 0.2) is 0 Å². The minimum Gasteiger partial charge on any atom is -0.385 e. The fourth-order valence-electron chi connectivity index (χ4n) is 1.72. The Morgan fingerprint density at radius 3 is 2.36 bits per heavy atom. The van der Waals surface area contributed by atoms with Crippen molar-refractivity contribution in [3.63, 3.8) is 0 Å². The molecule has 1 unspecified atom stereocenters. The first-order valence-corrected chi connectivity index (χ1v) is 4.99. The van der Waals surface area contributed by atoms with Crippen LogP contribution in [0.3, 0.4) is 0 Å². The summed E-state index contributed by atoms with van der Waals surface area (Å²) in [6, 6.07) is 6.42. The van der Waals surface area contributed by atoms with Crippen molar-refractivity contribution in [3.05, 3.63) is 35.6 Å². The molecule has 1 N–H and O–H groups in total. The largest absolute Gasteiger partial charge is 0.385 e. The highest BCUT2D eigenvalue weighted by Gasteiger charge is 2.33. The van der Waals surface area contributed by atoms with Gasteiger partial charge in [-0.2, -0.15) is 0 Å². The third-order valence-electron chi connectivity index (χ3n) is 2.83. The van der Waals surface area contributed by atoms with Crippen molar-refractivity contribution in [1.29, 1.82) is 0 Å². The molecule has 1 aromatic rings. The molecule has 0 radical (unpaired) electrons. The van der Waals surface area contributed by atoms with Gasteiger partial charge in [-0.1, -0.05) is 39.0 Å². The van der Waals surface area contributed by atoms with E-state index in [1.807, 2.05) is 20.8 Å². The van der Waals surface area contributed by atoms with Gasteiger partial charge >= 0.3 is 0 Å². The molecule has 0 aliphatic carbocycles. The Labute approximate surface area is 84.6 Å². The Hall–Kier alpha value is -0.890. The normalized spacial score (nSPS) is 15.6. The highest BCUT2D eigenvalue weighted by Crippen LogP contribution is 2.34. The minimum atomic E-state index is -1.05. The molecule has 0 saturated carbocycles. The van der Waals surface area contributed by atoms with Gasteiger partial charge in [-0.05, 0) is 18.4 Å². The van der Waals surface area contributed by atoms with E-state index in [0.29, 0.717) is 12.0 Å². The zero-order valence-corrected chi connectivity index (χ0v) is 8.92. The van der Waals surface area contributed by atoms with E-state index < -0.39 is 5.60 Å². The molecule has 0 bridgehead atoms. The second kappa shape index (κ2) is 4.09. The van der Waals surface area contributed by atoms with Crippen molar-refractivity contribution in [1.82, 2.24) is 0 Å². The maximum absolute atomic E-state index is 13.5. The summed E-state index contributed by atoms with van der Waals surface area (Å²) in [5.41, 5.74) is -0.650. The molecule has 0 spiro atoms. The van der Waals surface area contributed by atoms with Gasteiger partial charge in [0.05, 0.1) is 5.60 Å². The zero-order valence-electron chi connectivity index (χ0n) is 8.92. The Kier molecular flexibility index (Phi) is 3.27. The summed E-state index contributed by atoms with van der Waals surface area (Å²) < 4.78 is 13.5. The van der Waals surface area contributed by atoms with E-state index in [9.17, 15) is 9.50 Å². The van der Waals surface area contributed by atoms with Crippen LogP contribution in [-0.4, -0.2) is 5.11 Å². The maximum Gasteiger partial charge on any atom is 0.129 e. The highest BCUT2D eigenvalue weighted by molar-refractivity contribution is 5.24. The first-order valence-electron chi connectivity index (χ1n) is 4.99. The van der Waals surface area contributed by atoms with Crippen LogP contribution in [0.15, 0.2) is 24.3 Å². The average molecular weight is 196 g/mol. The Balaban J connectivity index is 3.19. The van der Waals surface area contributed by atoms with Crippen LogP contribution in [0, 0.1) is 11.7 Å². The number of benzene rings is 1. The lowest BCUT2D eigenvalue weighted by Gasteiger charge is -2.31. The van der Waals surface area contributed by atoms with Crippen LogP contribution >= 0.6 is 0 Å². The third-order valence-corrected chi connectivity index (χ3v) is 2.83. The summed E-state index contributed by atoms with van der Waals surface area (Å²) in [4.78, 5) is 0. The van der Waals surface area contributed by atoms with Crippen molar-refractivity contribution in [2.24, 2.45) is 5.92 Å². The minimum absolute atomic E-state index is 0.00407. The second-order valence-electron chi connectivity index (χ2n) is 3.91. The van der Waals surface area contributed by atoms with Crippen LogP contribution in [0.1, 0.15) is 32.8 Å². The molecule has 2 heteroatoms. The van der Waals surface area contributed by atoms with Gasteiger partial charge in [0.25, 0.3) is 0 Å². The van der Waals surface area contributed by atoms with Crippen molar-refractivity contribution >= 4 is 0 Å². The second-order valence-corrected chi connectivity index (χ2v) is 3.91. The van der Waals surface area contributed by atoms with Crippen molar-refractivity contribution in [3.8, 4) is 0 Å². The molecule has 0 saturated heterocycles. The number of hydrogen-bond acceptors (Lipinski definition) is 1. The van der Waals surface area contributed by atoms with Crippen LogP contribution in [0.2, 0.25) is 0 Å². The topological polar surface area (TPSA) is 20.2 Å². The molecule has 1 aromatic carbocycles. The van der Waals surface area contributed by atoms with Crippen molar-refractivity contribution < 1.29 is 9.50 Å². The highest BCUT2D eigenvalue weighted by atomic mass is 19.1. The van der Waals surface area contributed by atoms with E-state index in [-0.39, 0.29) is 11.7 Å². The summed E-state index contributed by atoms with van der Waals surface area (Å²) >= 11 is 0. The molecule has 14 heavy (non-hydrogen) atoms. The van der Waals surface area contributed by atoms with Gasteiger partial charge < -0.3 is 5.11 Å². The molecule has 0 aliphatic rings. The molecule has 0 aromatic heterocycles. The van der Waals surface area contributed by atoms with Crippen molar-refractivity contribution in [2.75, 3.05) is 0 Å². The summed E-state index contributed by atoms with van der Waals surface area (Å²) in [7, 11) is 0. The first-order chi connectivity index (χ1) is 6.52. The SMILES string of the molecule is CCC(O)(c1ccccc1F)C(C)C. The Bertz CT molecular complexity index is 309. The smallest absolute Gasteiger partial charge is 0.129 e. The average Bonchev–Trinajstić information content (AvgIpc) is 2.17. The third kappa shape index (κ3) is 1.80. The fraction of sp³-hybridized carbons (Fsp3) is 0.500. The zero-order chi connectivity index (χ0) is 10.8. The molecular weight excluding hydrogens is 179 g/mol. The fourth-order valence-corrected chi connectivity index (χ4v) is 1.72. The van der Waals surface area contributed by atoms with E-state index in [1.165, 1.54) is 6.07 Å². The van der Waals surface area contributed by atoms with Gasteiger partial charge in [0.2, 0.25) is 0 Å². The Morgan fingerprint density at radius 1 is 1.36 bits per heavy atom. The maximum atomic E-state index is 13.5. The summed E-state index contributed by atoms with van der Waals surface area (Å²) in [6.45, 7) is 5.66. The molecule has 0 heterocycles. The number of aliphatic hydroxyl groups is 1. The molecule has 78 valence electrons. The van der Waals surface area contributed by atoms with E-state index in [4.69, 9.17) is 0 Å². The number of halogens is 1. The molecule has 0 amide bonds. The summed E-state index contributed by atoms with van der Waals surface area (Å²) in [5, 5.41) is 10.3. The van der Waals surface area contributed by atoms with Crippen LogP contribution in [0.4, 0.5) is 4.39 Å². The Morgan fingerprint density at radius 2 is 1.93 bits per heavy atom. The van der Waals surface area contributed by atoms with E-state index in [2.05, 4.69) is 0 Å². The predicted molar refractivity (Wildman–Crippen MR) is 55.4 cm³/mol. The molecule has 1 atom stereocenters. The van der Waals surface area contributed by atoms with Gasteiger partial charge in [0.1, 0.15) is 5.82 Å². The van der Waals surface area contributed by atoms with Gasteiger partial charge in [0, 0.05) is 5.56 Å². The van der Waals surface area contributed by atoms with Crippen molar-refractivity contribution in [2.45, 2.75) is 32.8 Å². The molecule has 1 nitrogen and oxygen atoms in total. The lowest BCUT2D eigenvalue weighted by atomic mass is 9.81. The van der Waals surface area contributed by atoms with Gasteiger partial charge in [-0.15, -0.1) is 0 Å². The molecule has 0 aliphatic heterocycles. The molecular formula is C12H17FO. The summed E-state index contributed by atoms with van der Waals surface area (Å²) in [5.74, 6) is -0.324. The lowest BCUT2D eigenvalue weighted by molar-refractivity contribution is -0.0171. The first kappa shape index (κ1) is 11.2.